The summed E-state index contributed by atoms with van der Waals surface area (Å²) in [6.45, 7) is 3.76. The van der Waals surface area contributed by atoms with Crippen molar-refractivity contribution in [2.75, 3.05) is 5.32 Å². The van der Waals surface area contributed by atoms with Crippen molar-refractivity contribution >= 4 is 46.1 Å². The molecule has 0 spiro atoms. The number of rotatable bonds is 8. The number of carbonyl (C=O) groups is 3. The fourth-order valence-corrected chi connectivity index (χ4v) is 3.30. The van der Waals surface area contributed by atoms with Crippen LogP contribution in [0.4, 0.5) is 5.69 Å². The van der Waals surface area contributed by atoms with Gasteiger partial charge in [0.25, 0.3) is 0 Å². The van der Waals surface area contributed by atoms with E-state index in [0.717, 1.165) is 10.4 Å². The summed E-state index contributed by atoms with van der Waals surface area (Å²) in [7, 11) is 0. The zero-order valence-electron chi connectivity index (χ0n) is 14.2. The van der Waals surface area contributed by atoms with Crippen molar-refractivity contribution in [1.29, 1.82) is 0 Å². The number of hydrogen-bond acceptors (Lipinski definition) is 4. The summed E-state index contributed by atoms with van der Waals surface area (Å²) in [6, 6.07) is 8.95. The van der Waals surface area contributed by atoms with Crippen LogP contribution >= 0.6 is 22.9 Å². The molecule has 0 aliphatic rings. The molecule has 0 aliphatic carbocycles. The lowest BCUT2D eigenvalue weighted by Gasteiger charge is -2.09. The number of benzene rings is 1. The van der Waals surface area contributed by atoms with E-state index in [1.54, 1.807) is 24.3 Å². The number of aryl methyl sites for hydroxylation is 1. The first-order valence-electron chi connectivity index (χ1n) is 8.03. The van der Waals surface area contributed by atoms with Gasteiger partial charge in [0.15, 0.2) is 5.78 Å². The van der Waals surface area contributed by atoms with Crippen molar-refractivity contribution < 1.29 is 14.4 Å². The summed E-state index contributed by atoms with van der Waals surface area (Å²) in [5.74, 6) is -0.344. The van der Waals surface area contributed by atoms with Crippen LogP contribution in [0.25, 0.3) is 0 Å². The van der Waals surface area contributed by atoms with E-state index < -0.39 is 0 Å². The number of Topliss-reactive ketones (excluding diaryl/α,β-unsaturated/α-hetero) is 2. The van der Waals surface area contributed by atoms with Gasteiger partial charge in [-0.3, -0.25) is 14.4 Å². The molecule has 0 radical (unpaired) electrons. The monoisotopic (exact) mass is 377 g/mol. The van der Waals surface area contributed by atoms with Crippen LogP contribution in [0.1, 0.15) is 45.8 Å². The second kappa shape index (κ2) is 8.92. The number of anilines is 1. The quantitative estimate of drug-likeness (QED) is 0.660. The number of halogens is 1. The molecule has 0 bridgehead atoms. The van der Waals surface area contributed by atoms with Gasteiger partial charge in [0, 0.05) is 41.3 Å². The first kappa shape index (κ1) is 19.3. The van der Waals surface area contributed by atoms with Gasteiger partial charge < -0.3 is 5.32 Å². The number of nitrogens with one attached hydrogen (secondary N) is 1. The molecule has 1 heterocycles. The third-order valence-electron chi connectivity index (χ3n) is 3.82. The molecule has 0 saturated carbocycles. The molecule has 2 rings (SSSR count). The lowest BCUT2D eigenvalue weighted by molar-refractivity contribution is -0.122. The first-order valence-corrected chi connectivity index (χ1v) is 9.22. The lowest BCUT2D eigenvalue weighted by atomic mass is 10.1. The number of carbonyl (C=O) groups excluding carboxylic acids is 3. The van der Waals surface area contributed by atoms with E-state index in [9.17, 15) is 14.4 Å². The highest BCUT2D eigenvalue weighted by atomic mass is 35.5. The average molecular weight is 378 g/mol. The number of hydrogen-bond donors (Lipinski definition) is 1. The highest BCUT2D eigenvalue weighted by molar-refractivity contribution is 7.14. The predicted molar refractivity (Wildman–Crippen MR) is 102 cm³/mol. The molecule has 0 atom stereocenters. The number of thiophene rings is 1. The van der Waals surface area contributed by atoms with Crippen LogP contribution in [0.5, 0.6) is 0 Å². The second-order valence-corrected chi connectivity index (χ2v) is 7.53. The van der Waals surface area contributed by atoms with Crippen molar-refractivity contribution in [3.8, 4) is 0 Å². The number of amides is 1. The Balaban J connectivity index is 1.75. The number of ketones is 2. The lowest BCUT2D eigenvalue weighted by Crippen LogP contribution is -2.14. The van der Waals surface area contributed by atoms with Crippen molar-refractivity contribution in [2.24, 2.45) is 0 Å². The minimum atomic E-state index is -0.237. The minimum Gasteiger partial charge on any atom is -0.326 e. The maximum absolute atomic E-state index is 12.0. The van der Waals surface area contributed by atoms with E-state index in [0.29, 0.717) is 15.6 Å². The van der Waals surface area contributed by atoms with E-state index in [1.165, 1.54) is 11.3 Å². The van der Waals surface area contributed by atoms with Crippen LogP contribution in [-0.4, -0.2) is 17.5 Å². The average Bonchev–Trinajstić information content (AvgIpc) is 3.01. The molecule has 1 aromatic heterocycles. The Bertz CT molecular complexity index is 798. The van der Waals surface area contributed by atoms with Crippen molar-refractivity contribution in [1.82, 2.24) is 0 Å². The maximum Gasteiger partial charge on any atom is 0.224 e. The normalized spacial score (nSPS) is 10.5. The molecule has 132 valence electrons. The summed E-state index contributed by atoms with van der Waals surface area (Å²) in [5, 5.41) is 3.34. The molecule has 0 saturated heterocycles. The van der Waals surface area contributed by atoms with E-state index in [4.69, 9.17) is 11.6 Å². The van der Waals surface area contributed by atoms with Crippen LogP contribution in [0, 0.1) is 13.8 Å². The SMILES string of the molecule is Cc1ccc(C(=O)CCC(=O)CCC(=O)Nc2cccc(Cl)c2C)s1. The van der Waals surface area contributed by atoms with Crippen molar-refractivity contribution in [3.63, 3.8) is 0 Å². The standard InChI is InChI=1S/C19H20ClNO3S/c1-12-6-10-18(25-12)17(23)9-7-14(22)8-11-19(24)21-16-5-3-4-15(20)13(16)2/h3-6,10H,7-9,11H2,1-2H3,(H,21,24). The minimum absolute atomic E-state index is 0.0227. The molecule has 25 heavy (non-hydrogen) atoms. The second-order valence-electron chi connectivity index (χ2n) is 5.83. The van der Waals surface area contributed by atoms with Crippen LogP contribution < -0.4 is 5.32 Å². The molecule has 1 amide bonds. The molecule has 0 unspecified atom stereocenters. The first-order chi connectivity index (χ1) is 11.9. The van der Waals surface area contributed by atoms with E-state index >= 15 is 0 Å². The molecule has 0 aliphatic heterocycles. The molecule has 2 aromatic rings. The summed E-state index contributed by atoms with van der Waals surface area (Å²) in [4.78, 5) is 37.6. The molecular weight excluding hydrogens is 358 g/mol. The molecule has 1 N–H and O–H groups in total. The van der Waals surface area contributed by atoms with Gasteiger partial charge in [0.1, 0.15) is 5.78 Å². The largest absolute Gasteiger partial charge is 0.326 e. The van der Waals surface area contributed by atoms with E-state index in [-0.39, 0.29) is 43.2 Å². The molecule has 1 aromatic carbocycles. The van der Waals surface area contributed by atoms with Gasteiger partial charge in [-0.15, -0.1) is 11.3 Å². The van der Waals surface area contributed by atoms with Gasteiger partial charge in [0.2, 0.25) is 5.91 Å². The van der Waals surface area contributed by atoms with Gasteiger partial charge >= 0.3 is 0 Å². The third kappa shape index (κ3) is 5.80. The van der Waals surface area contributed by atoms with Gasteiger partial charge in [-0.2, -0.15) is 0 Å². The highest BCUT2D eigenvalue weighted by Crippen LogP contribution is 2.23. The smallest absolute Gasteiger partial charge is 0.224 e. The van der Waals surface area contributed by atoms with Crippen molar-refractivity contribution in [2.45, 2.75) is 39.5 Å². The fraction of sp³-hybridized carbons (Fsp3) is 0.316. The zero-order valence-corrected chi connectivity index (χ0v) is 15.8. The highest BCUT2D eigenvalue weighted by Gasteiger charge is 2.13. The summed E-state index contributed by atoms with van der Waals surface area (Å²) in [6.07, 6.45) is 0.576. The van der Waals surface area contributed by atoms with Gasteiger partial charge in [-0.25, -0.2) is 0 Å². The molecule has 4 nitrogen and oxygen atoms in total. The van der Waals surface area contributed by atoms with Gasteiger partial charge in [-0.05, 0) is 43.7 Å². The summed E-state index contributed by atoms with van der Waals surface area (Å²) >= 11 is 7.44. The van der Waals surface area contributed by atoms with E-state index in [1.807, 2.05) is 19.9 Å². The maximum atomic E-state index is 12.0. The Morgan fingerprint density at radius 1 is 1.00 bits per heavy atom. The Morgan fingerprint density at radius 3 is 2.40 bits per heavy atom. The molecule has 6 heteroatoms. The van der Waals surface area contributed by atoms with Crippen LogP contribution in [0.3, 0.4) is 0 Å². The Morgan fingerprint density at radius 2 is 1.72 bits per heavy atom. The van der Waals surface area contributed by atoms with Crippen LogP contribution in [-0.2, 0) is 9.59 Å². The van der Waals surface area contributed by atoms with E-state index in [2.05, 4.69) is 5.32 Å². The Hall–Kier alpha value is -1.98. The molecule has 0 fully saturated rings. The topological polar surface area (TPSA) is 63.2 Å². The zero-order chi connectivity index (χ0) is 18.4. The Kier molecular flexibility index (Phi) is 6.91. The predicted octanol–water partition coefficient (Wildman–Crippen LogP) is 4.97. The van der Waals surface area contributed by atoms with Crippen LogP contribution in [0.15, 0.2) is 30.3 Å². The van der Waals surface area contributed by atoms with Gasteiger partial charge in [-0.1, -0.05) is 17.7 Å². The van der Waals surface area contributed by atoms with Crippen molar-refractivity contribution in [3.05, 3.63) is 50.7 Å². The summed E-state index contributed by atoms with van der Waals surface area (Å²) in [5.41, 5.74) is 1.44. The van der Waals surface area contributed by atoms with Crippen LogP contribution in [0.2, 0.25) is 5.02 Å². The summed E-state index contributed by atoms with van der Waals surface area (Å²) < 4.78 is 0. The third-order valence-corrected chi connectivity index (χ3v) is 5.27. The molecular formula is C19H20ClNO3S. The fourth-order valence-electron chi connectivity index (χ4n) is 2.29. The van der Waals surface area contributed by atoms with Gasteiger partial charge in [0.05, 0.1) is 4.88 Å². The Labute approximate surface area is 156 Å².